The molecule has 1 fully saturated rings. The molecule has 7 heteroatoms. The van der Waals surface area contributed by atoms with Gasteiger partial charge >= 0.3 is 0 Å². The Morgan fingerprint density at radius 2 is 2.19 bits per heavy atom. The molecule has 2 unspecified atom stereocenters. The topological polar surface area (TPSA) is 75.4 Å². The third-order valence-corrected chi connectivity index (χ3v) is 4.15. The van der Waals surface area contributed by atoms with E-state index in [1.165, 1.54) is 0 Å². The molecule has 5 nitrogen and oxygen atoms in total. The fourth-order valence-electron chi connectivity index (χ4n) is 2.45. The SMILES string of the molecule is CC(CC(N)=O)NC1CCN(c2ccc(Cl)c(Cl)c2)C1=O. The highest BCUT2D eigenvalue weighted by atomic mass is 35.5. The lowest BCUT2D eigenvalue weighted by Crippen LogP contribution is -2.43. The van der Waals surface area contributed by atoms with Crippen LogP contribution in [0.15, 0.2) is 18.2 Å². The molecule has 1 aliphatic heterocycles. The van der Waals surface area contributed by atoms with E-state index in [1.54, 1.807) is 23.1 Å². The van der Waals surface area contributed by atoms with E-state index in [9.17, 15) is 9.59 Å². The summed E-state index contributed by atoms with van der Waals surface area (Å²) in [6.45, 7) is 2.43. The van der Waals surface area contributed by atoms with Crippen LogP contribution < -0.4 is 16.0 Å². The van der Waals surface area contributed by atoms with Crippen LogP contribution in [-0.2, 0) is 9.59 Å². The van der Waals surface area contributed by atoms with Gasteiger partial charge in [0.2, 0.25) is 11.8 Å². The molecular formula is C14H17Cl2N3O2. The number of hydrogen-bond acceptors (Lipinski definition) is 3. The smallest absolute Gasteiger partial charge is 0.244 e. The van der Waals surface area contributed by atoms with Crippen LogP contribution in [0.5, 0.6) is 0 Å². The predicted molar refractivity (Wildman–Crippen MR) is 83.6 cm³/mol. The zero-order valence-electron chi connectivity index (χ0n) is 11.6. The number of carbonyl (C=O) groups is 2. The number of anilines is 1. The van der Waals surface area contributed by atoms with E-state index in [-0.39, 0.29) is 30.3 Å². The maximum absolute atomic E-state index is 12.4. The lowest BCUT2D eigenvalue weighted by molar-refractivity contribution is -0.120. The molecule has 2 rings (SSSR count). The van der Waals surface area contributed by atoms with E-state index >= 15 is 0 Å². The molecule has 0 aliphatic carbocycles. The third kappa shape index (κ3) is 3.87. The van der Waals surface area contributed by atoms with Gasteiger partial charge in [0.15, 0.2) is 0 Å². The molecule has 1 aromatic carbocycles. The molecule has 1 aromatic rings. The van der Waals surface area contributed by atoms with Crippen LogP contribution in [0, 0.1) is 0 Å². The second-order valence-corrected chi connectivity index (χ2v) is 5.98. The third-order valence-electron chi connectivity index (χ3n) is 3.41. The number of primary amides is 1. The maximum atomic E-state index is 12.4. The van der Waals surface area contributed by atoms with Crippen LogP contribution in [-0.4, -0.2) is 30.4 Å². The molecule has 3 N–H and O–H groups in total. The van der Waals surface area contributed by atoms with Gasteiger partial charge in [0.25, 0.3) is 0 Å². The average molecular weight is 330 g/mol. The van der Waals surface area contributed by atoms with E-state index in [0.29, 0.717) is 23.0 Å². The second kappa shape index (κ2) is 6.64. The van der Waals surface area contributed by atoms with Crippen molar-refractivity contribution in [1.29, 1.82) is 0 Å². The van der Waals surface area contributed by atoms with Crippen LogP contribution >= 0.6 is 23.2 Å². The van der Waals surface area contributed by atoms with Crippen molar-refractivity contribution in [3.63, 3.8) is 0 Å². The summed E-state index contributed by atoms with van der Waals surface area (Å²) in [5.41, 5.74) is 5.87. The highest BCUT2D eigenvalue weighted by molar-refractivity contribution is 6.42. The van der Waals surface area contributed by atoms with Gasteiger partial charge < -0.3 is 16.0 Å². The highest BCUT2D eigenvalue weighted by Gasteiger charge is 2.33. The highest BCUT2D eigenvalue weighted by Crippen LogP contribution is 2.29. The van der Waals surface area contributed by atoms with Crippen LogP contribution in [0.3, 0.4) is 0 Å². The molecule has 1 aliphatic rings. The first-order valence-corrected chi connectivity index (χ1v) is 7.45. The molecule has 0 bridgehead atoms. The van der Waals surface area contributed by atoms with Crippen molar-refractivity contribution in [3.05, 3.63) is 28.2 Å². The first-order valence-electron chi connectivity index (χ1n) is 6.69. The van der Waals surface area contributed by atoms with Crippen LogP contribution in [0.4, 0.5) is 5.69 Å². The number of nitrogens with one attached hydrogen (secondary N) is 1. The van der Waals surface area contributed by atoms with Gasteiger partial charge in [0.1, 0.15) is 0 Å². The number of amides is 2. The predicted octanol–water partition coefficient (Wildman–Crippen LogP) is 1.95. The molecule has 114 valence electrons. The largest absolute Gasteiger partial charge is 0.370 e. The Kier molecular flexibility index (Phi) is 5.08. The van der Waals surface area contributed by atoms with Gasteiger partial charge in [-0.1, -0.05) is 23.2 Å². The van der Waals surface area contributed by atoms with Gasteiger partial charge in [0, 0.05) is 24.7 Å². The number of hydrogen-bond donors (Lipinski definition) is 2. The van der Waals surface area contributed by atoms with Crippen LogP contribution in [0.25, 0.3) is 0 Å². The summed E-state index contributed by atoms with van der Waals surface area (Å²) < 4.78 is 0. The minimum absolute atomic E-state index is 0.0373. The van der Waals surface area contributed by atoms with Crippen molar-refractivity contribution in [2.75, 3.05) is 11.4 Å². The Morgan fingerprint density at radius 3 is 2.81 bits per heavy atom. The Labute approximate surface area is 133 Å². The van der Waals surface area contributed by atoms with Gasteiger partial charge in [-0.25, -0.2) is 0 Å². The Balaban J connectivity index is 2.04. The Bertz CT molecular complexity index is 565. The lowest BCUT2D eigenvalue weighted by atomic mass is 10.1. The molecule has 0 saturated carbocycles. The monoisotopic (exact) mass is 329 g/mol. The van der Waals surface area contributed by atoms with Gasteiger partial charge in [-0.15, -0.1) is 0 Å². The van der Waals surface area contributed by atoms with E-state index in [0.717, 1.165) is 5.69 Å². The number of carbonyl (C=O) groups excluding carboxylic acids is 2. The number of halogens is 2. The summed E-state index contributed by atoms with van der Waals surface area (Å²) >= 11 is 11.9. The molecule has 1 saturated heterocycles. The maximum Gasteiger partial charge on any atom is 0.244 e. The zero-order chi connectivity index (χ0) is 15.6. The summed E-state index contributed by atoms with van der Waals surface area (Å²) in [4.78, 5) is 24.9. The molecule has 0 spiro atoms. The van der Waals surface area contributed by atoms with Crippen molar-refractivity contribution in [3.8, 4) is 0 Å². The van der Waals surface area contributed by atoms with Gasteiger partial charge in [-0.05, 0) is 31.5 Å². The van der Waals surface area contributed by atoms with Gasteiger partial charge in [-0.2, -0.15) is 0 Å². The van der Waals surface area contributed by atoms with Gasteiger partial charge in [0.05, 0.1) is 16.1 Å². The molecule has 1 heterocycles. The van der Waals surface area contributed by atoms with Crippen molar-refractivity contribution in [2.24, 2.45) is 5.73 Å². The first-order chi connectivity index (χ1) is 9.88. The number of benzene rings is 1. The van der Waals surface area contributed by atoms with E-state index in [4.69, 9.17) is 28.9 Å². The minimum Gasteiger partial charge on any atom is -0.370 e. The van der Waals surface area contributed by atoms with Crippen molar-refractivity contribution < 1.29 is 9.59 Å². The summed E-state index contributed by atoms with van der Waals surface area (Å²) in [5, 5.41) is 4.01. The second-order valence-electron chi connectivity index (χ2n) is 5.17. The Hall–Kier alpha value is -1.30. The average Bonchev–Trinajstić information content (AvgIpc) is 2.74. The summed E-state index contributed by atoms with van der Waals surface area (Å²) in [6, 6.07) is 4.67. The van der Waals surface area contributed by atoms with Crippen LogP contribution in [0.2, 0.25) is 10.0 Å². The first kappa shape index (κ1) is 16.1. The Morgan fingerprint density at radius 1 is 1.48 bits per heavy atom. The number of rotatable bonds is 5. The summed E-state index contributed by atoms with van der Waals surface area (Å²) in [6.07, 6.45) is 0.874. The van der Waals surface area contributed by atoms with Crippen LogP contribution in [0.1, 0.15) is 19.8 Å². The van der Waals surface area contributed by atoms with E-state index in [2.05, 4.69) is 5.32 Å². The lowest BCUT2D eigenvalue weighted by Gasteiger charge is -2.20. The molecule has 2 amide bonds. The summed E-state index contributed by atoms with van der Waals surface area (Å²) in [7, 11) is 0. The standard InChI is InChI=1S/C14H17Cl2N3O2/c1-8(6-13(17)20)18-12-4-5-19(14(12)21)9-2-3-10(15)11(16)7-9/h2-3,7-8,12,18H,4-6H2,1H3,(H2,17,20). The molecule has 0 radical (unpaired) electrons. The molecule has 0 aromatic heterocycles. The fourth-order valence-corrected chi connectivity index (χ4v) is 2.74. The quantitative estimate of drug-likeness (QED) is 0.866. The molecule has 2 atom stereocenters. The van der Waals surface area contributed by atoms with Crippen molar-refractivity contribution in [2.45, 2.75) is 31.8 Å². The number of nitrogens with zero attached hydrogens (tertiary/aromatic N) is 1. The number of nitrogens with two attached hydrogens (primary N) is 1. The van der Waals surface area contributed by atoms with Crippen molar-refractivity contribution in [1.82, 2.24) is 5.32 Å². The minimum atomic E-state index is -0.387. The van der Waals surface area contributed by atoms with E-state index in [1.807, 2.05) is 6.92 Å². The normalized spacial score (nSPS) is 19.9. The molecular weight excluding hydrogens is 313 g/mol. The zero-order valence-corrected chi connectivity index (χ0v) is 13.1. The molecule has 21 heavy (non-hydrogen) atoms. The van der Waals surface area contributed by atoms with Gasteiger partial charge in [-0.3, -0.25) is 9.59 Å². The summed E-state index contributed by atoms with van der Waals surface area (Å²) in [5.74, 6) is -0.425. The fraction of sp³-hybridized carbons (Fsp3) is 0.429. The van der Waals surface area contributed by atoms with Crippen molar-refractivity contribution >= 4 is 40.7 Å². The van der Waals surface area contributed by atoms with E-state index < -0.39 is 0 Å².